The van der Waals surface area contributed by atoms with E-state index >= 15 is 0 Å². The SMILES string of the molecule is CCC(C)NC(=O)CNc1ccccc1C(C)(C)C. The van der Waals surface area contributed by atoms with E-state index in [1.807, 2.05) is 25.1 Å². The van der Waals surface area contributed by atoms with Crippen LogP contribution < -0.4 is 10.6 Å². The maximum atomic E-state index is 11.8. The van der Waals surface area contributed by atoms with E-state index in [9.17, 15) is 4.79 Å². The number of amides is 1. The van der Waals surface area contributed by atoms with E-state index in [1.165, 1.54) is 5.56 Å². The maximum Gasteiger partial charge on any atom is 0.239 e. The van der Waals surface area contributed by atoms with Crippen LogP contribution in [0.2, 0.25) is 0 Å². The molecule has 106 valence electrons. The van der Waals surface area contributed by atoms with E-state index < -0.39 is 0 Å². The van der Waals surface area contributed by atoms with Gasteiger partial charge in [-0.15, -0.1) is 0 Å². The minimum Gasteiger partial charge on any atom is -0.376 e. The summed E-state index contributed by atoms with van der Waals surface area (Å²) in [6.07, 6.45) is 0.949. The lowest BCUT2D eigenvalue weighted by Crippen LogP contribution is -2.36. The molecule has 19 heavy (non-hydrogen) atoms. The van der Waals surface area contributed by atoms with Crippen molar-refractivity contribution in [2.75, 3.05) is 11.9 Å². The molecule has 0 saturated carbocycles. The zero-order chi connectivity index (χ0) is 14.5. The fourth-order valence-electron chi connectivity index (χ4n) is 1.89. The number of nitrogens with one attached hydrogen (secondary N) is 2. The van der Waals surface area contributed by atoms with Gasteiger partial charge in [0.2, 0.25) is 5.91 Å². The lowest BCUT2D eigenvalue weighted by Gasteiger charge is -2.23. The summed E-state index contributed by atoms with van der Waals surface area (Å²) in [5.41, 5.74) is 2.33. The molecule has 0 aliphatic rings. The van der Waals surface area contributed by atoms with Crippen LogP contribution in [0.25, 0.3) is 0 Å². The van der Waals surface area contributed by atoms with E-state index in [2.05, 4.69) is 44.4 Å². The first-order valence-corrected chi connectivity index (χ1v) is 6.97. The topological polar surface area (TPSA) is 41.1 Å². The molecule has 1 aromatic rings. The Bertz CT molecular complexity index is 421. The van der Waals surface area contributed by atoms with Crippen LogP contribution >= 0.6 is 0 Å². The van der Waals surface area contributed by atoms with Crippen molar-refractivity contribution in [2.24, 2.45) is 0 Å². The molecule has 0 aromatic heterocycles. The van der Waals surface area contributed by atoms with E-state index in [-0.39, 0.29) is 17.4 Å². The van der Waals surface area contributed by atoms with Crippen LogP contribution in [0.4, 0.5) is 5.69 Å². The molecular weight excluding hydrogens is 236 g/mol. The quantitative estimate of drug-likeness (QED) is 0.854. The summed E-state index contributed by atoms with van der Waals surface area (Å²) in [5, 5.41) is 6.19. The number of para-hydroxylation sites is 1. The second-order valence-electron chi connectivity index (χ2n) is 6.03. The summed E-state index contributed by atoms with van der Waals surface area (Å²) in [6, 6.07) is 8.38. The number of hydrogen-bond donors (Lipinski definition) is 2. The van der Waals surface area contributed by atoms with E-state index in [0.717, 1.165) is 12.1 Å². The van der Waals surface area contributed by atoms with E-state index in [4.69, 9.17) is 0 Å². The van der Waals surface area contributed by atoms with Crippen molar-refractivity contribution >= 4 is 11.6 Å². The van der Waals surface area contributed by atoms with Crippen LogP contribution in [-0.2, 0) is 10.2 Å². The number of anilines is 1. The van der Waals surface area contributed by atoms with Crippen LogP contribution in [-0.4, -0.2) is 18.5 Å². The average Bonchev–Trinajstić information content (AvgIpc) is 2.35. The Labute approximate surface area is 116 Å². The summed E-state index contributed by atoms with van der Waals surface area (Å²) in [6.45, 7) is 10.9. The average molecular weight is 262 g/mol. The van der Waals surface area contributed by atoms with Gasteiger partial charge in [0.25, 0.3) is 0 Å². The van der Waals surface area contributed by atoms with Gasteiger partial charge in [-0.05, 0) is 30.4 Å². The zero-order valence-electron chi connectivity index (χ0n) is 12.7. The molecule has 0 aliphatic heterocycles. The molecule has 0 saturated heterocycles. The highest BCUT2D eigenvalue weighted by Crippen LogP contribution is 2.28. The van der Waals surface area contributed by atoms with Crippen molar-refractivity contribution in [1.29, 1.82) is 0 Å². The predicted molar refractivity (Wildman–Crippen MR) is 81.5 cm³/mol. The van der Waals surface area contributed by atoms with Gasteiger partial charge in [0.05, 0.1) is 6.54 Å². The molecular formula is C16H26N2O. The largest absolute Gasteiger partial charge is 0.376 e. The minimum atomic E-state index is 0.0399. The normalized spacial score (nSPS) is 12.9. The number of rotatable bonds is 5. The molecule has 0 radical (unpaired) electrons. The van der Waals surface area contributed by atoms with Crippen LogP contribution in [0.15, 0.2) is 24.3 Å². The van der Waals surface area contributed by atoms with Gasteiger partial charge < -0.3 is 10.6 Å². The molecule has 2 N–H and O–H groups in total. The third-order valence-electron chi connectivity index (χ3n) is 3.19. The van der Waals surface area contributed by atoms with Gasteiger partial charge in [0, 0.05) is 11.7 Å². The van der Waals surface area contributed by atoms with Crippen LogP contribution in [0.1, 0.15) is 46.6 Å². The van der Waals surface area contributed by atoms with Crippen molar-refractivity contribution in [1.82, 2.24) is 5.32 Å². The smallest absolute Gasteiger partial charge is 0.239 e. The van der Waals surface area contributed by atoms with E-state index in [0.29, 0.717) is 6.54 Å². The first-order chi connectivity index (χ1) is 8.84. The lowest BCUT2D eigenvalue weighted by atomic mass is 9.86. The molecule has 3 nitrogen and oxygen atoms in total. The van der Waals surface area contributed by atoms with Crippen molar-refractivity contribution in [3.05, 3.63) is 29.8 Å². The van der Waals surface area contributed by atoms with Gasteiger partial charge in [0.1, 0.15) is 0 Å². The molecule has 0 bridgehead atoms. The third-order valence-corrected chi connectivity index (χ3v) is 3.19. The lowest BCUT2D eigenvalue weighted by molar-refractivity contribution is -0.120. The molecule has 0 aliphatic carbocycles. The van der Waals surface area contributed by atoms with Crippen molar-refractivity contribution in [3.8, 4) is 0 Å². The minimum absolute atomic E-state index is 0.0399. The van der Waals surface area contributed by atoms with Crippen molar-refractivity contribution in [3.63, 3.8) is 0 Å². The van der Waals surface area contributed by atoms with E-state index in [1.54, 1.807) is 0 Å². The predicted octanol–water partition coefficient (Wildman–Crippen LogP) is 3.31. The standard InChI is InChI=1S/C16H26N2O/c1-6-12(2)18-15(19)11-17-14-10-8-7-9-13(14)16(3,4)5/h7-10,12,17H,6,11H2,1-5H3,(H,18,19). The molecule has 1 rings (SSSR count). The number of carbonyl (C=O) groups is 1. The van der Waals surface area contributed by atoms with Crippen molar-refractivity contribution < 1.29 is 4.79 Å². The van der Waals surface area contributed by atoms with Gasteiger partial charge in [-0.1, -0.05) is 45.9 Å². The highest BCUT2D eigenvalue weighted by Gasteiger charge is 2.17. The fourth-order valence-corrected chi connectivity index (χ4v) is 1.89. The first kappa shape index (κ1) is 15.5. The molecule has 0 spiro atoms. The molecule has 0 heterocycles. The molecule has 1 unspecified atom stereocenters. The summed E-state index contributed by atoms with van der Waals surface area (Å²) in [5.74, 6) is 0.0399. The molecule has 1 atom stereocenters. The second kappa shape index (κ2) is 6.60. The fraction of sp³-hybridized carbons (Fsp3) is 0.562. The van der Waals surface area contributed by atoms with Crippen molar-refractivity contribution in [2.45, 2.75) is 52.5 Å². The molecule has 3 heteroatoms. The van der Waals surface area contributed by atoms with Crippen LogP contribution in [0, 0.1) is 0 Å². The van der Waals surface area contributed by atoms with Crippen LogP contribution in [0.3, 0.4) is 0 Å². The Morgan fingerprint density at radius 2 is 1.89 bits per heavy atom. The number of hydrogen-bond acceptors (Lipinski definition) is 2. The Kier molecular flexibility index (Phi) is 5.40. The molecule has 1 aromatic carbocycles. The zero-order valence-corrected chi connectivity index (χ0v) is 12.7. The Morgan fingerprint density at radius 3 is 2.47 bits per heavy atom. The van der Waals surface area contributed by atoms with Gasteiger partial charge >= 0.3 is 0 Å². The molecule has 1 amide bonds. The first-order valence-electron chi connectivity index (χ1n) is 6.97. The number of carbonyl (C=O) groups excluding carboxylic acids is 1. The Balaban J connectivity index is 2.66. The molecule has 0 fully saturated rings. The second-order valence-corrected chi connectivity index (χ2v) is 6.03. The summed E-state index contributed by atoms with van der Waals surface area (Å²) in [4.78, 5) is 11.8. The highest BCUT2D eigenvalue weighted by molar-refractivity contribution is 5.81. The summed E-state index contributed by atoms with van der Waals surface area (Å²) < 4.78 is 0. The van der Waals surface area contributed by atoms with Gasteiger partial charge in [-0.2, -0.15) is 0 Å². The Morgan fingerprint density at radius 1 is 1.26 bits per heavy atom. The summed E-state index contributed by atoms with van der Waals surface area (Å²) in [7, 11) is 0. The third kappa shape index (κ3) is 4.93. The maximum absolute atomic E-state index is 11.8. The monoisotopic (exact) mass is 262 g/mol. The van der Waals surface area contributed by atoms with Gasteiger partial charge in [-0.25, -0.2) is 0 Å². The Hall–Kier alpha value is -1.51. The number of benzene rings is 1. The highest BCUT2D eigenvalue weighted by atomic mass is 16.1. The summed E-state index contributed by atoms with van der Waals surface area (Å²) >= 11 is 0. The van der Waals surface area contributed by atoms with Gasteiger partial charge in [0.15, 0.2) is 0 Å². The van der Waals surface area contributed by atoms with Crippen LogP contribution in [0.5, 0.6) is 0 Å². The van der Waals surface area contributed by atoms with Gasteiger partial charge in [-0.3, -0.25) is 4.79 Å².